The first kappa shape index (κ1) is 14.6. The van der Waals surface area contributed by atoms with E-state index in [9.17, 15) is 14.4 Å². The molecule has 0 bridgehead atoms. The van der Waals surface area contributed by atoms with Gasteiger partial charge in [0, 0.05) is 6.54 Å². The minimum absolute atomic E-state index is 0.155. The van der Waals surface area contributed by atoms with E-state index in [0.717, 1.165) is 13.0 Å². The summed E-state index contributed by atoms with van der Waals surface area (Å²) in [4.78, 5) is 38.1. The molecule has 0 aromatic carbocycles. The van der Waals surface area contributed by atoms with Crippen LogP contribution in [0.2, 0.25) is 0 Å². The van der Waals surface area contributed by atoms with Crippen LogP contribution in [0.25, 0.3) is 0 Å². The summed E-state index contributed by atoms with van der Waals surface area (Å²) in [5, 5.41) is 2.94. The normalized spacial score (nSPS) is 24.2. The molecule has 3 N–H and O–H groups in total. The van der Waals surface area contributed by atoms with Crippen LogP contribution in [0, 0.1) is 6.92 Å². The van der Waals surface area contributed by atoms with E-state index in [1.807, 2.05) is 7.05 Å². The first-order valence-corrected chi connectivity index (χ1v) is 7.09. The molecule has 1 aromatic rings. The number of carbonyl (C=O) groups excluding carboxylic acids is 2. The third kappa shape index (κ3) is 2.07. The van der Waals surface area contributed by atoms with Crippen LogP contribution in [0.15, 0.2) is 10.9 Å². The van der Waals surface area contributed by atoms with E-state index in [-0.39, 0.29) is 11.7 Å². The van der Waals surface area contributed by atoms with Gasteiger partial charge in [-0.2, -0.15) is 0 Å². The highest BCUT2D eigenvalue weighted by molar-refractivity contribution is 5.96. The monoisotopic (exact) mass is 306 g/mol. The quantitative estimate of drug-likeness (QED) is 0.743. The molecule has 2 aliphatic rings. The number of hydrogen-bond acceptors (Lipinski definition) is 5. The Morgan fingerprint density at radius 2 is 2.18 bits per heavy atom. The van der Waals surface area contributed by atoms with E-state index in [0.29, 0.717) is 24.2 Å². The van der Waals surface area contributed by atoms with Gasteiger partial charge in [-0.15, -0.1) is 0 Å². The summed E-state index contributed by atoms with van der Waals surface area (Å²) < 4.78 is 6.23. The minimum atomic E-state index is -1.05. The highest BCUT2D eigenvalue weighted by Gasteiger charge is 2.46. The number of rotatable bonds is 1. The van der Waals surface area contributed by atoms with Crippen molar-refractivity contribution in [2.24, 2.45) is 5.73 Å². The zero-order chi connectivity index (χ0) is 16.1. The van der Waals surface area contributed by atoms with Crippen molar-refractivity contribution in [3.63, 3.8) is 0 Å². The van der Waals surface area contributed by atoms with Crippen LogP contribution in [0.4, 0.5) is 4.79 Å². The molecule has 0 aliphatic carbocycles. The Morgan fingerprint density at radius 3 is 2.82 bits per heavy atom. The summed E-state index contributed by atoms with van der Waals surface area (Å²) in [5.74, 6) is -0.437. The predicted octanol–water partition coefficient (Wildman–Crippen LogP) is -0.264. The lowest BCUT2D eigenvalue weighted by molar-refractivity contribution is 0.0752. The molecule has 0 radical (unpaired) electrons. The van der Waals surface area contributed by atoms with Crippen molar-refractivity contribution in [3.8, 4) is 5.75 Å². The molecule has 1 aromatic heterocycles. The Kier molecular flexibility index (Phi) is 3.21. The Hall–Kier alpha value is -2.35. The van der Waals surface area contributed by atoms with Gasteiger partial charge >= 0.3 is 6.09 Å². The van der Waals surface area contributed by atoms with Gasteiger partial charge in [-0.05, 0) is 45.0 Å². The maximum atomic E-state index is 12.7. The average molecular weight is 306 g/mol. The summed E-state index contributed by atoms with van der Waals surface area (Å²) in [6.45, 7) is 3.12. The molecule has 2 amide bonds. The minimum Gasteiger partial charge on any atom is -0.405 e. The second kappa shape index (κ2) is 4.84. The van der Waals surface area contributed by atoms with E-state index < -0.39 is 17.3 Å². The topological polar surface area (TPSA) is 107 Å². The molecule has 1 atom stereocenters. The molecular formula is C14H18N4O4. The van der Waals surface area contributed by atoms with Crippen LogP contribution in [0.1, 0.15) is 28.9 Å². The van der Waals surface area contributed by atoms with E-state index in [2.05, 4.69) is 10.2 Å². The second-order valence-electron chi connectivity index (χ2n) is 5.93. The number of likely N-dealkylation sites (tertiary alicyclic amines) is 1. The van der Waals surface area contributed by atoms with Gasteiger partial charge in [0.2, 0.25) is 0 Å². The number of nitrogens with two attached hydrogens (primary N) is 1. The first-order valence-electron chi connectivity index (χ1n) is 7.09. The standard InChI is InChI=1S/C14H18N4O4/c1-8-6-9(22-13(15)21)12(20)18-10(8)11(19)16-14(18)4-3-5-17(2)7-14/h6H,3-5,7H2,1-2H3,(H2,15,21)(H,16,19)/t14-/m1/s1. The molecule has 8 heteroatoms. The number of primary amides is 1. The fraction of sp³-hybridized carbons (Fsp3) is 0.500. The largest absolute Gasteiger partial charge is 0.410 e. The molecule has 1 saturated heterocycles. The van der Waals surface area contributed by atoms with Gasteiger partial charge in [-0.3, -0.25) is 14.2 Å². The van der Waals surface area contributed by atoms with Gasteiger partial charge in [0.1, 0.15) is 11.4 Å². The molecular weight excluding hydrogens is 288 g/mol. The Labute approximate surface area is 126 Å². The van der Waals surface area contributed by atoms with Gasteiger partial charge in [0.25, 0.3) is 11.5 Å². The van der Waals surface area contributed by atoms with Crippen molar-refractivity contribution in [1.82, 2.24) is 14.8 Å². The summed E-state index contributed by atoms with van der Waals surface area (Å²) in [5.41, 5.74) is 4.58. The fourth-order valence-electron chi connectivity index (χ4n) is 3.44. The highest BCUT2D eigenvalue weighted by Crippen LogP contribution is 2.32. The van der Waals surface area contributed by atoms with Crippen LogP contribution in [-0.2, 0) is 5.66 Å². The molecule has 0 saturated carbocycles. The summed E-state index contributed by atoms with van der Waals surface area (Å²) in [7, 11) is 1.94. The predicted molar refractivity (Wildman–Crippen MR) is 77.8 cm³/mol. The number of ether oxygens (including phenoxy) is 1. The molecule has 2 aliphatic heterocycles. The number of piperidine rings is 1. The average Bonchev–Trinajstić information content (AvgIpc) is 2.67. The van der Waals surface area contributed by atoms with Crippen LogP contribution < -0.4 is 21.3 Å². The molecule has 118 valence electrons. The number of nitrogens with zero attached hydrogens (tertiary/aromatic N) is 2. The number of fused-ring (bicyclic) bond motifs is 2. The molecule has 8 nitrogen and oxygen atoms in total. The van der Waals surface area contributed by atoms with E-state index in [4.69, 9.17) is 10.5 Å². The number of carbonyl (C=O) groups is 2. The number of pyridine rings is 1. The molecule has 3 rings (SSSR count). The number of nitrogens with one attached hydrogen (secondary N) is 1. The highest BCUT2D eigenvalue weighted by atomic mass is 16.5. The third-order valence-corrected chi connectivity index (χ3v) is 4.22. The number of likely N-dealkylation sites (N-methyl/N-ethyl adjacent to an activating group) is 1. The SMILES string of the molecule is Cc1cc(OC(N)=O)c(=O)n2c1C(=O)N[C@]21CCCN(C)C1. The van der Waals surface area contributed by atoms with Gasteiger partial charge in [-0.1, -0.05) is 0 Å². The summed E-state index contributed by atoms with van der Waals surface area (Å²) >= 11 is 0. The Bertz CT molecular complexity index is 726. The number of amides is 2. The lowest BCUT2D eigenvalue weighted by atomic mass is 9.98. The van der Waals surface area contributed by atoms with Crippen molar-refractivity contribution in [3.05, 3.63) is 27.7 Å². The number of hydrogen-bond donors (Lipinski definition) is 2. The Morgan fingerprint density at radius 1 is 1.45 bits per heavy atom. The van der Waals surface area contributed by atoms with Crippen LogP contribution in [0.3, 0.4) is 0 Å². The molecule has 22 heavy (non-hydrogen) atoms. The van der Waals surface area contributed by atoms with E-state index >= 15 is 0 Å². The van der Waals surface area contributed by atoms with Crippen molar-refractivity contribution in [2.75, 3.05) is 20.1 Å². The smallest absolute Gasteiger partial charge is 0.405 e. The molecule has 1 spiro atoms. The van der Waals surface area contributed by atoms with Crippen molar-refractivity contribution in [2.45, 2.75) is 25.4 Å². The third-order valence-electron chi connectivity index (χ3n) is 4.22. The van der Waals surface area contributed by atoms with E-state index in [1.54, 1.807) is 6.92 Å². The zero-order valence-electron chi connectivity index (χ0n) is 12.5. The lowest BCUT2D eigenvalue weighted by Crippen LogP contribution is -2.57. The fourth-order valence-corrected chi connectivity index (χ4v) is 3.44. The van der Waals surface area contributed by atoms with Crippen molar-refractivity contribution >= 4 is 12.0 Å². The number of aromatic nitrogens is 1. The van der Waals surface area contributed by atoms with E-state index in [1.165, 1.54) is 10.6 Å². The lowest BCUT2D eigenvalue weighted by Gasteiger charge is -2.39. The number of aryl methyl sites for hydroxylation is 1. The molecule has 1 fully saturated rings. The van der Waals surface area contributed by atoms with Crippen LogP contribution in [-0.4, -0.2) is 41.6 Å². The molecule has 0 unspecified atom stereocenters. The van der Waals surface area contributed by atoms with Crippen LogP contribution >= 0.6 is 0 Å². The van der Waals surface area contributed by atoms with Crippen molar-refractivity contribution in [1.29, 1.82) is 0 Å². The Balaban J connectivity index is 2.21. The molecule has 3 heterocycles. The maximum Gasteiger partial charge on any atom is 0.410 e. The van der Waals surface area contributed by atoms with Gasteiger partial charge in [0.15, 0.2) is 5.75 Å². The zero-order valence-corrected chi connectivity index (χ0v) is 12.5. The van der Waals surface area contributed by atoms with Crippen LogP contribution in [0.5, 0.6) is 5.75 Å². The maximum absolute atomic E-state index is 12.7. The first-order chi connectivity index (χ1) is 10.3. The summed E-state index contributed by atoms with van der Waals surface area (Å²) in [6.07, 6.45) is 0.446. The van der Waals surface area contributed by atoms with Crippen molar-refractivity contribution < 1.29 is 14.3 Å². The van der Waals surface area contributed by atoms with Gasteiger partial charge in [0.05, 0.1) is 0 Å². The van der Waals surface area contributed by atoms with Gasteiger partial charge < -0.3 is 20.7 Å². The van der Waals surface area contributed by atoms with Gasteiger partial charge in [-0.25, -0.2) is 4.79 Å². The summed E-state index contributed by atoms with van der Waals surface area (Å²) in [6, 6.07) is 1.38. The second-order valence-corrected chi connectivity index (χ2v) is 5.93.